The molecule has 17 heavy (non-hydrogen) atoms. The molecule has 4 heteroatoms. The molecule has 0 spiro atoms. The number of rotatable bonds is 9. The van der Waals surface area contributed by atoms with Crippen molar-refractivity contribution in [3.63, 3.8) is 0 Å². The standard InChI is InChI=1S/C13H28N2OS/c1-3-17-13-7-6-11(9-13)15-12(10-16-2)5-4-8-14/h11-13,15H,3-10,14H2,1-2H3. The van der Waals surface area contributed by atoms with Gasteiger partial charge in [0, 0.05) is 24.4 Å². The van der Waals surface area contributed by atoms with Crippen LogP contribution in [0.4, 0.5) is 0 Å². The van der Waals surface area contributed by atoms with Crippen molar-refractivity contribution < 1.29 is 4.74 Å². The summed E-state index contributed by atoms with van der Waals surface area (Å²) in [6, 6.07) is 1.18. The molecule has 3 atom stereocenters. The Morgan fingerprint density at radius 1 is 1.47 bits per heavy atom. The van der Waals surface area contributed by atoms with Gasteiger partial charge in [-0.25, -0.2) is 0 Å². The third kappa shape index (κ3) is 6.09. The van der Waals surface area contributed by atoms with Gasteiger partial charge in [-0.05, 0) is 44.4 Å². The van der Waals surface area contributed by atoms with Gasteiger partial charge in [0.05, 0.1) is 6.61 Å². The Morgan fingerprint density at radius 3 is 2.94 bits per heavy atom. The maximum atomic E-state index is 5.57. The summed E-state index contributed by atoms with van der Waals surface area (Å²) in [5.74, 6) is 1.24. The van der Waals surface area contributed by atoms with E-state index in [-0.39, 0.29) is 0 Å². The van der Waals surface area contributed by atoms with Gasteiger partial charge in [-0.1, -0.05) is 6.92 Å². The van der Waals surface area contributed by atoms with Crippen molar-refractivity contribution in [1.29, 1.82) is 0 Å². The van der Waals surface area contributed by atoms with Crippen molar-refractivity contribution in [2.45, 2.75) is 56.4 Å². The highest BCUT2D eigenvalue weighted by Crippen LogP contribution is 2.30. The van der Waals surface area contributed by atoms with Crippen LogP contribution in [0.1, 0.15) is 39.0 Å². The highest BCUT2D eigenvalue weighted by Gasteiger charge is 2.26. The van der Waals surface area contributed by atoms with E-state index in [1.165, 1.54) is 25.0 Å². The van der Waals surface area contributed by atoms with Gasteiger partial charge in [0.2, 0.25) is 0 Å². The third-order valence-corrected chi connectivity index (χ3v) is 4.62. The first kappa shape index (κ1) is 15.3. The van der Waals surface area contributed by atoms with Crippen molar-refractivity contribution in [1.82, 2.24) is 5.32 Å². The summed E-state index contributed by atoms with van der Waals surface area (Å²) >= 11 is 2.11. The molecule has 0 radical (unpaired) electrons. The first-order valence-electron chi connectivity index (χ1n) is 6.86. The molecule has 3 N–H and O–H groups in total. The summed E-state index contributed by atoms with van der Waals surface area (Å²) in [4.78, 5) is 0. The second-order valence-corrected chi connectivity index (χ2v) is 6.41. The Balaban J connectivity index is 2.24. The van der Waals surface area contributed by atoms with Gasteiger partial charge in [0.15, 0.2) is 0 Å². The highest BCUT2D eigenvalue weighted by atomic mass is 32.2. The van der Waals surface area contributed by atoms with Crippen LogP contribution in [0.5, 0.6) is 0 Å². The van der Waals surface area contributed by atoms with Gasteiger partial charge in [-0.2, -0.15) is 11.8 Å². The molecule has 0 amide bonds. The zero-order valence-electron chi connectivity index (χ0n) is 11.3. The molecule has 1 rings (SSSR count). The van der Waals surface area contributed by atoms with Gasteiger partial charge < -0.3 is 15.8 Å². The van der Waals surface area contributed by atoms with Crippen LogP contribution in [0, 0.1) is 0 Å². The van der Waals surface area contributed by atoms with Crippen molar-refractivity contribution in [3.05, 3.63) is 0 Å². The molecule has 0 aliphatic heterocycles. The lowest BCUT2D eigenvalue weighted by molar-refractivity contribution is 0.155. The number of methoxy groups -OCH3 is 1. The minimum absolute atomic E-state index is 0.485. The first-order chi connectivity index (χ1) is 8.30. The van der Waals surface area contributed by atoms with E-state index in [1.807, 2.05) is 0 Å². The topological polar surface area (TPSA) is 47.3 Å². The number of nitrogens with two attached hydrogens (primary N) is 1. The van der Waals surface area contributed by atoms with E-state index in [4.69, 9.17) is 10.5 Å². The fraction of sp³-hybridized carbons (Fsp3) is 1.00. The van der Waals surface area contributed by atoms with Crippen LogP contribution >= 0.6 is 11.8 Å². The lowest BCUT2D eigenvalue weighted by Gasteiger charge is -2.22. The van der Waals surface area contributed by atoms with E-state index in [9.17, 15) is 0 Å². The minimum Gasteiger partial charge on any atom is -0.383 e. The second-order valence-electron chi connectivity index (χ2n) is 4.84. The van der Waals surface area contributed by atoms with E-state index < -0.39 is 0 Å². The molecule has 0 heterocycles. The molecule has 0 saturated heterocycles. The Labute approximate surface area is 110 Å². The molecular formula is C13H28N2OS. The smallest absolute Gasteiger partial charge is 0.0615 e. The van der Waals surface area contributed by atoms with E-state index in [0.717, 1.165) is 31.2 Å². The molecule has 0 aromatic rings. The van der Waals surface area contributed by atoms with Crippen LogP contribution in [0.2, 0.25) is 0 Å². The Bertz CT molecular complexity index is 192. The highest BCUT2D eigenvalue weighted by molar-refractivity contribution is 7.99. The molecule has 102 valence electrons. The maximum absolute atomic E-state index is 5.57. The Hall–Kier alpha value is 0.230. The SMILES string of the molecule is CCSC1CCC(NC(CCCN)COC)C1. The van der Waals surface area contributed by atoms with Crippen LogP contribution in [0.3, 0.4) is 0 Å². The molecular weight excluding hydrogens is 232 g/mol. The number of hydrogen-bond acceptors (Lipinski definition) is 4. The van der Waals surface area contributed by atoms with Crippen molar-refractivity contribution in [2.75, 3.05) is 26.0 Å². The van der Waals surface area contributed by atoms with Crippen molar-refractivity contribution in [2.24, 2.45) is 5.73 Å². The van der Waals surface area contributed by atoms with E-state index in [0.29, 0.717) is 12.1 Å². The van der Waals surface area contributed by atoms with Gasteiger partial charge in [-0.15, -0.1) is 0 Å². The van der Waals surface area contributed by atoms with Gasteiger partial charge in [-0.3, -0.25) is 0 Å². The van der Waals surface area contributed by atoms with Crippen LogP contribution < -0.4 is 11.1 Å². The van der Waals surface area contributed by atoms with E-state index >= 15 is 0 Å². The van der Waals surface area contributed by atoms with Gasteiger partial charge >= 0.3 is 0 Å². The summed E-state index contributed by atoms with van der Waals surface area (Å²) in [6.07, 6.45) is 6.22. The summed E-state index contributed by atoms with van der Waals surface area (Å²) in [6.45, 7) is 3.84. The lowest BCUT2D eigenvalue weighted by Crippen LogP contribution is -2.40. The molecule has 1 fully saturated rings. The molecule has 0 aromatic carbocycles. The quantitative estimate of drug-likeness (QED) is 0.666. The predicted molar refractivity (Wildman–Crippen MR) is 76.6 cm³/mol. The number of nitrogens with one attached hydrogen (secondary N) is 1. The second kappa shape index (κ2) is 9.20. The molecule has 1 aliphatic carbocycles. The summed E-state index contributed by atoms with van der Waals surface area (Å²) in [5.41, 5.74) is 5.57. The van der Waals surface area contributed by atoms with Gasteiger partial charge in [0.1, 0.15) is 0 Å². The van der Waals surface area contributed by atoms with Crippen LogP contribution in [0.25, 0.3) is 0 Å². The van der Waals surface area contributed by atoms with E-state index in [1.54, 1.807) is 7.11 Å². The summed E-state index contributed by atoms with van der Waals surface area (Å²) in [5, 5.41) is 4.62. The normalized spacial score (nSPS) is 26.3. The molecule has 0 bridgehead atoms. The van der Waals surface area contributed by atoms with Crippen LogP contribution in [-0.4, -0.2) is 43.3 Å². The zero-order valence-corrected chi connectivity index (χ0v) is 12.1. The number of hydrogen-bond donors (Lipinski definition) is 2. The summed E-state index contributed by atoms with van der Waals surface area (Å²) in [7, 11) is 1.78. The van der Waals surface area contributed by atoms with Crippen molar-refractivity contribution >= 4 is 11.8 Å². The summed E-state index contributed by atoms with van der Waals surface area (Å²) < 4.78 is 5.28. The number of thioether (sulfide) groups is 1. The molecule has 1 saturated carbocycles. The Morgan fingerprint density at radius 2 is 2.29 bits per heavy atom. The molecule has 3 unspecified atom stereocenters. The maximum Gasteiger partial charge on any atom is 0.0615 e. The van der Waals surface area contributed by atoms with E-state index in [2.05, 4.69) is 24.0 Å². The average molecular weight is 260 g/mol. The fourth-order valence-electron chi connectivity index (χ4n) is 2.59. The average Bonchev–Trinajstić information content (AvgIpc) is 2.74. The Kier molecular flexibility index (Phi) is 8.27. The monoisotopic (exact) mass is 260 g/mol. The predicted octanol–water partition coefficient (Wildman–Crippen LogP) is 2.00. The molecule has 3 nitrogen and oxygen atoms in total. The zero-order chi connectivity index (χ0) is 12.5. The molecule has 1 aliphatic rings. The first-order valence-corrected chi connectivity index (χ1v) is 7.91. The number of ether oxygens (including phenoxy) is 1. The molecule has 0 aromatic heterocycles. The largest absolute Gasteiger partial charge is 0.383 e. The fourth-order valence-corrected chi connectivity index (χ4v) is 3.73. The van der Waals surface area contributed by atoms with Gasteiger partial charge in [0.25, 0.3) is 0 Å². The minimum atomic E-state index is 0.485. The van der Waals surface area contributed by atoms with Crippen LogP contribution in [-0.2, 0) is 4.74 Å². The third-order valence-electron chi connectivity index (χ3n) is 3.38. The van der Waals surface area contributed by atoms with Crippen LogP contribution in [0.15, 0.2) is 0 Å². The van der Waals surface area contributed by atoms with Crippen molar-refractivity contribution in [3.8, 4) is 0 Å². The lowest BCUT2D eigenvalue weighted by atomic mass is 10.1.